The Labute approximate surface area is 121 Å². The van der Waals surface area contributed by atoms with Crippen LogP contribution >= 0.6 is 23.8 Å². The van der Waals surface area contributed by atoms with E-state index in [4.69, 9.17) is 28.6 Å². The largest absolute Gasteiger partial charge is 0.483 e. The van der Waals surface area contributed by atoms with Gasteiger partial charge in [0.25, 0.3) is 6.08 Å². The lowest BCUT2D eigenvalue weighted by Crippen LogP contribution is -2.05. The fraction of sp³-hybridized carbons (Fsp3) is 0.385. The van der Waals surface area contributed by atoms with Crippen molar-refractivity contribution in [1.82, 2.24) is 4.98 Å². The van der Waals surface area contributed by atoms with Gasteiger partial charge in [-0.15, -0.1) is 0 Å². The van der Waals surface area contributed by atoms with Crippen molar-refractivity contribution < 1.29 is 13.5 Å². The number of pyridine rings is 1. The second kappa shape index (κ2) is 8.17. The molecular weight excluding hydrogens is 292 g/mol. The minimum absolute atomic E-state index is 0.129. The Morgan fingerprint density at radius 1 is 1.37 bits per heavy atom. The molecule has 0 spiro atoms. The molecule has 0 aliphatic rings. The van der Waals surface area contributed by atoms with Gasteiger partial charge in [-0.2, -0.15) is 8.78 Å². The molecule has 0 atom stereocenters. The lowest BCUT2D eigenvalue weighted by atomic mass is 10.1. The van der Waals surface area contributed by atoms with E-state index in [2.05, 4.69) is 4.98 Å². The average Bonchev–Trinajstić information content (AvgIpc) is 2.38. The molecule has 0 unspecified atom stereocenters. The van der Waals surface area contributed by atoms with Gasteiger partial charge in [-0.25, -0.2) is 4.98 Å². The number of nitrogens with zero attached hydrogens (tertiary/aromatic N) is 1. The number of rotatable bonds is 6. The first-order chi connectivity index (χ1) is 9.00. The van der Waals surface area contributed by atoms with Crippen LogP contribution in [0.25, 0.3) is 0 Å². The fourth-order valence-corrected chi connectivity index (χ4v) is 1.65. The van der Waals surface area contributed by atoms with Gasteiger partial charge in [0, 0.05) is 11.8 Å². The highest BCUT2D eigenvalue weighted by atomic mass is 35.5. The van der Waals surface area contributed by atoms with Crippen LogP contribution < -0.4 is 0 Å². The summed E-state index contributed by atoms with van der Waals surface area (Å²) in [6.07, 6.45) is 1.64. The van der Waals surface area contributed by atoms with Crippen LogP contribution in [0, 0.1) is 0 Å². The van der Waals surface area contributed by atoms with Crippen molar-refractivity contribution in [3.05, 3.63) is 40.7 Å². The molecule has 0 saturated carbocycles. The third kappa shape index (κ3) is 6.07. The van der Waals surface area contributed by atoms with E-state index in [0.29, 0.717) is 41.6 Å². The number of unbranched alkanes of at least 4 members (excludes halogenated alkanes) is 1. The van der Waals surface area contributed by atoms with E-state index >= 15 is 0 Å². The van der Waals surface area contributed by atoms with E-state index in [1.165, 1.54) is 13.1 Å². The number of hydrogen-bond donors (Lipinski definition) is 0. The van der Waals surface area contributed by atoms with E-state index in [9.17, 15) is 8.78 Å². The fourth-order valence-electron chi connectivity index (χ4n) is 1.33. The summed E-state index contributed by atoms with van der Waals surface area (Å²) in [4.78, 5) is 3.90. The summed E-state index contributed by atoms with van der Waals surface area (Å²) >= 11 is 10.7. The molecule has 104 valence electrons. The smallest absolute Gasteiger partial charge is 0.269 e. The van der Waals surface area contributed by atoms with E-state index in [0.717, 1.165) is 0 Å². The zero-order valence-corrected chi connectivity index (χ0v) is 12.0. The van der Waals surface area contributed by atoms with Gasteiger partial charge in [0.1, 0.15) is 5.15 Å². The number of halogens is 3. The maximum Gasteiger partial charge on any atom is 0.269 e. The quantitative estimate of drug-likeness (QED) is 0.429. The van der Waals surface area contributed by atoms with Gasteiger partial charge in [-0.05, 0) is 56.1 Å². The van der Waals surface area contributed by atoms with Crippen molar-refractivity contribution in [3.63, 3.8) is 0 Å². The van der Waals surface area contributed by atoms with Gasteiger partial charge in [0.15, 0.2) is 5.05 Å². The van der Waals surface area contributed by atoms with Crippen molar-refractivity contribution in [2.45, 2.75) is 26.2 Å². The molecule has 19 heavy (non-hydrogen) atoms. The summed E-state index contributed by atoms with van der Waals surface area (Å²) in [6, 6.07) is 3.35. The van der Waals surface area contributed by atoms with Crippen LogP contribution in [0.1, 0.15) is 31.7 Å². The normalized spacial score (nSPS) is 10.1. The van der Waals surface area contributed by atoms with Gasteiger partial charge in [0.05, 0.1) is 6.61 Å². The van der Waals surface area contributed by atoms with Crippen LogP contribution in [0.15, 0.2) is 30.0 Å². The Bertz CT molecular complexity index is 458. The molecule has 0 amide bonds. The summed E-state index contributed by atoms with van der Waals surface area (Å²) in [6.45, 7) is 1.84. The molecule has 0 aliphatic carbocycles. The Morgan fingerprint density at radius 2 is 2.11 bits per heavy atom. The van der Waals surface area contributed by atoms with Gasteiger partial charge < -0.3 is 4.74 Å². The number of hydrogen-bond acceptors (Lipinski definition) is 3. The van der Waals surface area contributed by atoms with Crippen LogP contribution in [0.4, 0.5) is 8.78 Å². The molecule has 1 aromatic rings. The lowest BCUT2D eigenvalue weighted by Gasteiger charge is -2.07. The molecule has 0 saturated heterocycles. The first-order valence-electron chi connectivity index (χ1n) is 5.80. The predicted octanol–water partition coefficient (Wildman–Crippen LogP) is 4.77. The lowest BCUT2D eigenvalue weighted by molar-refractivity contribution is 0.302. The zero-order valence-electron chi connectivity index (χ0n) is 10.5. The van der Waals surface area contributed by atoms with Crippen molar-refractivity contribution >= 4 is 28.9 Å². The highest BCUT2D eigenvalue weighted by Gasteiger charge is 2.04. The maximum atomic E-state index is 12.1. The SMILES string of the molecule is CC(CCCCOC(=S)c1ccc(Cl)nc1)=C(F)F. The minimum atomic E-state index is -1.59. The topological polar surface area (TPSA) is 22.1 Å². The Morgan fingerprint density at radius 3 is 2.68 bits per heavy atom. The monoisotopic (exact) mass is 305 g/mol. The third-order valence-corrected chi connectivity index (χ3v) is 3.04. The highest BCUT2D eigenvalue weighted by molar-refractivity contribution is 7.80. The molecule has 1 aromatic heterocycles. The highest BCUT2D eigenvalue weighted by Crippen LogP contribution is 2.14. The van der Waals surface area contributed by atoms with Gasteiger partial charge in [-0.1, -0.05) is 11.6 Å². The first-order valence-corrected chi connectivity index (χ1v) is 6.58. The Balaban J connectivity index is 2.25. The average molecular weight is 306 g/mol. The van der Waals surface area contributed by atoms with Crippen LogP contribution in [-0.4, -0.2) is 16.6 Å². The van der Waals surface area contributed by atoms with Gasteiger partial charge >= 0.3 is 0 Å². The molecule has 0 aromatic carbocycles. The second-order valence-corrected chi connectivity index (χ2v) is 4.76. The van der Waals surface area contributed by atoms with E-state index in [-0.39, 0.29) is 5.57 Å². The van der Waals surface area contributed by atoms with Crippen molar-refractivity contribution in [3.8, 4) is 0 Å². The summed E-state index contributed by atoms with van der Waals surface area (Å²) in [7, 11) is 0. The number of aromatic nitrogens is 1. The van der Waals surface area contributed by atoms with Crippen molar-refractivity contribution in [1.29, 1.82) is 0 Å². The Hall–Kier alpha value is -1.07. The molecule has 0 radical (unpaired) electrons. The van der Waals surface area contributed by atoms with Crippen LogP contribution in [0.3, 0.4) is 0 Å². The minimum Gasteiger partial charge on any atom is -0.483 e. The molecule has 1 rings (SSSR count). The molecule has 2 nitrogen and oxygen atoms in total. The number of thiocarbonyl (C=S) groups is 1. The van der Waals surface area contributed by atoms with Crippen LogP contribution in [0.5, 0.6) is 0 Å². The van der Waals surface area contributed by atoms with E-state index in [1.807, 2.05) is 0 Å². The van der Waals surface area contributed by atoms with Crippen LogP contribution in [0.2, 0.25) is 5.15 Å². The second-order valence-electron chi connectivity index (χ2n) is 4.00. The van der Waals surface area contributed by atoms with E-state index in [1.54, 1.807) is 12.1 Å². The standard InChI is InChI=1S/C13H14ClF2NOS/c1-9(12(15)16)4-2-3-7-18-13(19)10-5-6-11(14)17-8-10/h5-6,8H,2-4,7H2,1H3. The maximum absolute atomic E-state index is 12.1. The van der Waals surface area contributed by atoms with Crippen LogP contribution in [-0.2, 0) is 4.74 Å². The van der Waals surface area contributed by atoms with Gasteiger partial charge in [-0.3, -0.25) is 0 Å². The zero-order chi connectivity index (χ0) is 14.3. The third-order valence-electron chi connectivity index (χ3n) is 2.46. The molecule has 0 N–H and O–H groups in total. The van der Waals surface area contributed by atoms with Crippen molar-refractivity contribution in [2.75, 3.05) is 6.61 Å². The molecule has 1 heterocycles. The molecule has 0 aliphatic heterocycles. The molecular formula is C13H14ClF2NOS. The van der Waals surface area contributed by atoms with Crippen molar-refractivity contribution in [2.24, 2.45) is 0 Å². The molecule has 6 heteroatoms. The van der Waals surface area contributed by atoms with E-state index < -0.39 is 6.08 Å². The predicted molar refractivity (Wildman–Crippen MR) is 75.7 cm³/mol. The molecule has 0 bridgehead atoms. The number of ether oxygens (including phenoxy) is 1. The summed E-state index contributed by atoms with van der Waals surface area (Å²) in [5, 5.41) is 0.732. The summed E-state index contributed by atoms with van der Waals surface area (Å²) < 4.78 is 29.6. The first kappa shape index (κ1) is 16.0. The van der Waals surface area contributed by atoms with Gasteiger partial charge in [0.2, 0.25) is 0 Å². The summed E-state index contributed by atoms with van der Waals surface area (Å²) in [5.41, 5.74) is 0.815. The Kier molecular flexibility index (Phi) is 6.87. The molecule has 0 fully saturated rings. The summed E-state index contributed by atoms with van der Waals surface area (Å²) in [5.74, 6) is 0. The number of allylic oxidation sites excluding steroid dienone is 1.